The van der Waals surface area contributed by atoms with Crippen molar-refractivity contribution < 1.29 is 5.11 Å². The Kier molecular flexibility index (Phi) is 4.74. The van der Waals surface area contributed by atoms with Gasteiger partial charge in [-0.1, -0.05) is 24.3 Å². The number of nitrogens with one attached hydrogen (secondary N) is 1. The summed E-state index contributed by atoms with van der Waals surface area (Å²) in [4.78, 5) is 1.30. The lowest BCUT2D eigenvalue weighted by Gasteiger charge is -2.07. The quantitative estimate of drug-likeness (QED) is 0.888. The molecule has 90 valence electrons. The van der Waals surface area contributed by atoms with Crippen LogP contribution in [-0.4, -0.2) is 5.11 Å². The summed E-state index contributed by atoms with van der Waals surface area (Å²) in [5.41, 5.74) is 2.15. The molecule has 0 unspecified atom stereocenters. The summed E-state index contributed by atoms with van der Waals surface area (Å²) in [7, 11) is 0. The van der Waals surface area contributed by atoms with Crippen molar-refractivity contribution in [2.45, 2.75) is 19.7 Å². The van der Waals surface area contributed by atoms with Crippen LogP contribution in [0.1, 0.15) is 16.0 Å². The second-order valence-corrected chi connectivity index (χ2v) is 5.67. The van der Waals surface area contributed by atoms with Gasteiger partial charge in [0, 0.05) is 27.8 Å². The van der Waals surface area contributed by atoms with Gasteiger partial charge in [-0.2, -0.15) is 0 Å². The van der Waals surface area contributed by atoms with Crippen LogP contribution in [0.4, 0.5) is 0 Å². The van der Waals surface area contributed by atoms with Gasteiger partial charge in [-0.05, 0) is 33.1 Å². The van der Waals surface area contributed by atoms with Crippen molar-refractivity contribution in [1.82, 2.24) is 5.32 Å². The summed E-state index contributed by atoms with van der Waals surface area (Å²) in [6, 6.07) is 10.1. The van der Waals surface area contributed by atoms with Gasteiger partial charge in [0.1, 0.15) is 0 Å². The van der Waals surface area contributed by atoms with Gasteiger partial charge in [0.15, 0.2) is 0 Å². The maximum Gasteiger partial charge on any atom is 0.0685 e. The molecule has 2 aromatic rings. The van der Waals surface area contributed by atoms with Crippen LogP contribution in [0.25, 0.3) is 0 Å². The van der Waals surface area contributed by atoms with E-state index < -0.39 is 0 Å². The van der Waals surface area contributed by atoms with Crippen LogP contribution in [0.5, 0.6) is 0 Å². The average Bonchev–Trinajstić information content (AvgIpc) is 2.76. The van der Waals surface area contributed by atoms with Crippen LogP contribution in [0.3, 0.4) is 0 Å². The highest BCUT2D eigenvalue weighted by Gasteiger charge is 2.01. The summed E-state index contributed by atoms with van der Waals surface area (Å²) in [6.45, 7) is 1.74. The van der Waals surface area contributed by atoms with E-state index in [9.17, 15) is 5.11 Å². The largest absolute Gasteiger partial charge is 0.392 e. The van der Waals surface area contributed by atoms with E-state index in [-0.39, 0.29) is 6.61 Å². The molecule has 1 aromatic carbocycles. The predicted octanol–water partition coefficient (Wildman–Crippen LogP) is 3.29. The first-order valence-corrected chi connectivity index (χ1v) is 7.08. The Morgan fingerprint density at radius 3 is 2.59 bits per heavy atom. The monoisotopic (exact) mass is 311 g/mol. The molecule has 17 heavy (non-hydrogen) atoms. The SMILES string of the molecule is OCc1ccccc1CNCc1cc(Br)cs1. The normalized spacial score (nSPS) is 10.7. The molecule has 0 aliphatic carbocycles. The van der Waals surface area contributed by atoms with E-state index in [0.29, 0.717) is 0 Å². The van der Waals surface area contributed by atoms with E-state index in [4.69, 9.17) is 0 Å². The molecule has 2 N–H and O–H groups in total. The topological polar surface area (TPSA) is 32.3 Å². The maximum atomic E-state index is 9.21. The van der Waals surface area contributed by atoms with Crippen molar-refractivity contribution in [2.24, 2.45) is 0 Å². The van der Waals surface area contributed by atoms with Gasteiger partial charge in [-0.25, -0.2) is 0 Å². The first kappa shape index (κ1) is 12.8. The third-order valence-corrected chi connectivity index (χ3v) is 4.22. The molecule has 0 fully saturated rings. The highest BCUT2D eigenvalue weighted by atomic mass is 79.9. The molecular weight excluding hydrogens is 298 g/mol. The van der Waals surface area contributed by atoms with Crippen LogP contribution < -0.4 is 5.32 Å². The number of benzene rings is 1. The Balaban J connectivity index is 1.89. The standard InChI is InChI=1S/C13H14BrNOS/c14-12-5-13(17-9-12)7-15-6-10-3-1-2-4-11(10)8-16/h1-5,9,15-16H,6-8H2. The van der Waals surface area contributed by atoms with Crippen molar-refractivity contribution in [3.8, 4) is 0 Å². The summed E-state index contributed by atoms with van der Waals surface area (Å²) >= 11 is 5.18. The summed E-state index contributed by atoms with van der Waals surface area (Å²) in [5, 5.41) is 14.7. The number of halogens is 1. The Morgan fingerprint density at radius 1 is 1.18 bits per heavy atom. The Hall–Kier alpha value is -0.680. The molecule has 0 atom stereocenters. The molecule has 0 saturated heterocycles. The highest BCUT2D eigenvalue weighted by Crippen LogP contribution is 2.19. The zero-order valence-electron chi connectivity index (χ0n) is 9.32. The van der Waals surface area contributed by atoms with E-state index in [2.05, 4.69) is 32.7 Å². The molecule has 0 radical (unpaired) electrons. The van der Waals surface area contributed by atoms with E-state index >= 15 is 0 Å². The highest BCUT2D eigenvalue weighted by molar-refractivity contribution is 9.10. The van der Waals surface area contributed by atoms with Crippen molar-refractivity contribution in [3.63, 3.8) is 0 Å². The van der Waals surface area contributed by atoms with Crippen molar-refractivity contribution >= 4 is 27.3 Å². The number of thiophene rings is 1. The molecule has 2 nitrogen and oxygen atoms in total. The van der Waals surface area contributed by atoms with E-state index in [1.165, 1.54) is 4.88 Å². The number of rotatable bonds is 5. The minimum absolute atomic E-state index is 0.0996. The fraction of sp³-hybridized carbons (Fsp3) is 0.231. The Labute approximate surface area is 113 Å². The van der Waals surface area contributed by atoms with Crippen molar-refractivity contribution in [1.29, 1.82) is 0 Å². The van der Waals surface area contributed by atoms with Crippen LogP contribution >= 0.6 is 27.3 Å². The zero-order valence-corrected chi connectivity index (χ0v) is 11.7. The summed E-state index contributed by atoms with van der Waals surface area (Å²) in [5.74, 6) is 0. The molecule has 2 rings (SSSR count). The maximum absolute atomic E-state index is 9.21. The summed E-state index contributed by atoms with van der Waals surface area (Å²) in [6.07, 6.45) is 0. The lowest BCUT2D eigenvalue weighted by atomic mass is 10.1. The fourth-order valence-electron chi connectivity index (χ4n) is 1.65. The van der Waals surface area contributed by atoms with Crippen LogP contribution in [-0.2, 0) is 19.7 Å². The van der Waals surface area contributed by atoms with Gasteiger partial charge < -0.3 is 10.4 Å². The second kappa shape index (κ2) is 6.31. The van der Waals surface area contributed by atoms with Crippen LogP contribution in [0, 0.1) is 0 Å². The number of hydrogen-bond acceptors (Lipinski definition) is 3. The third kappa shape index (κ3) is 3.64. The minimum atomic E-state index is 0.0996. The molecule has 0 amide bonds. The smallest absolute Gasteiger partial charge is 0.0685 e. The molecule has 0 saturated carbocycles. The number of aliphatic hydroxyl groups is 1. The van der Waals surface area contributed by atoms with Gasteiger partial charge in [0.05, 0.1) is 6.61 Å². The van der Waals surface area contributed by atoms with E-state index in [1.807, 2.05) is 24.3 Å². The predicted molar refractivity (Wildman–Crippen MR) is 74.9 cm³/mol. The molecule has 0 bridgehead atoms. The molecular formula is C13H14BrNOS. The zero-order chi connectivity index (χ0) is 12.1. The lowest BCUT2D eigenvalue weighted by Crippen LogP contribution is -2.13. The summed E-state index contributed by atoms with van der Waals surface area (Å²) < 4.78 is 1.13. The number of hydrogen-bond donors (Lipinski definition) is 2. The van der Waals surface area contributed by atoms with Gasteiger partial charge in [-0.15, -0.1) is 11.3 Å². The second-order valence-electron chi connectivity index (χ2n) is 3.76. The fourth-order valence-corrected chi connectivity index (χ4v) is 3.07. The Bertz CT molecular complexity index is 484. The van der Waals surface area contributed by atoms with Gasteiger partial charge in [0.2, 0.25) is 0 Å². The molecule has 1 aromatic heterocycles. The van der Waals surface area contributed by atoms with Gasteiger partial charge in [0.25, 0.3) is 0 Å². The molecule has 0 spiro atoms. The van der Waals surface area contributed by atoms with E-state index in [1.54, 1.807) is 11.3 Å². The van der Waals surface area contributed by atoms with Crippen LogP contribution in [0.15, 0.2) is 40.2 Å². The van der Waals surface area contributed by atoms with Gasteiger partial charge in [-0.3, -0.25) is 0 Å². The molecule has 1 heterocycles. The number of aliphatic hydroxyl groups excluding tert-OH is 1. The lowest BCUT2D eigenvalue weighted by molar-refractivity contribution is 0.280. The van der Waals surface area contributed by atoms with Crippen LogP contribution in [0.2, 0.25) is 0 Å². The van der Waals surface area contributed by atoms with Crippen molar-refractivity contribution in [2.75, 3.05) is 0 Å². The van der Waals surface area contributed by atoms with Crippen molar-refractivity contribution in [3.05, 3.63) is 56.2 Å². The average molecular weight is 312 g/mol. The molecule has 0 aliphatic rings. The minimum Gasteiger partial charge on any atom is -0.392 e. The van der Waals surface area contributed by atoms with E-state index in [0.717, 1.165) is 28.7 Å². The third-order valence-electron chi connectivity index (χ3n) is 2.53. The first-order valence-electron chi connectivity index (χ1n) is 5.41. The van der Waals surface area contributed by atoms with Gasteiger partial charge >= 0.3 is 0 Å². The molecule has 4 heteroatoms. The first-order chi connectivity index (χ1) is 8.29. The Morgan fingerprint density at radius 2 is 1.94 bits per heavy atom. The molecule has 0 aliphatic heterocycles.